The number of hydrogen-bond donors (Lipinski definition) is 2. The van der Waals surface area contributed by atoms with Crippen LogP contribution in [-0.4, -0.2) is 36.5 Å². The number of rotatable bonds is 5. The first-order valence-electron chi connectivity index (χ1n) is 8.75. The molecule has 4 rings (SSSR count). The number of H-pyrrole nitrogens is 1. The summed E-state index contributed by atoms with van der Waals surface area (Å²) < 4.78 is 29.8. The molecule has 0 amide bonds. The molecule has 0 aliphatic heterocycles. The summed E-state index contributed by atoms with van der Waals surface area (Å²) in [7, 11) is 4.67. The fourth-order valence-electron chi connectivity index (χ4n) is 3.23. The van der Waals surface area contributed by atoms with Gasteiger partial charge in [0.2, 0.25) is 5.75 Å². The van der Waals surface area contributed by atoms with E-state index in [1.807, 2.05) is 18.2 Å². The lowest BCUT2D eigenvalue weighted by molar-refractivity contribution is 0.324. The molecular weight excluding hydrogens is 375 g/mol. The molecule has 4 aromatic rings. The zero-order chi connectivity index (χ0) is 20.5. The highest BCUT2D eigenvalue weighted by molar-refractivity contribution is 5.94. The molecule has 8 heteroatoms. The summed E-state index contributed by atoms with van der Waals surface area (Å²) in [6.45, 7) is 0. The summed E-state index contributed by atoms with van der Waals surface area (Å²) in [5.41, 5.74) is 9.42. The van der Waals surface area contributed by atoms with E-state index < -0.39 is 5.82 Å². The molecule has 0 radical (unpaired) electrons. The molecule has 0 atom stereocenters. The Morgan fingerprint density at radius 2 is 1.62 bits per heavy atom. The van der Waals surface area contributed by atoms with Crippen molar-refractivity contribution in [1.29, 1.82) is 0 Å². The topological polar surface area (TPSA) is 95.3 Å². The number of nitrogen functional groups attached to an aromatic ring is 1. The molecule has 0 saturated carbocycles. The van der Waals surface area contributed by atoms with Gasteiger partial charge in [-0.2, -0.15) is 5.10 Å². The first-order chi connectivity index (χ1) is 14.0. The number of methoxy groups -OCH3 is 3. The Balaban J connectivity index is 1.88. The number of nitrogens with zero attached hydrogens (tertiary/aromatic N) is 2. The summed E-state index contributed by atoms with van der Waals surface area (Å²) in [5.74, 6) is 1.10. The van der Waals surface area contributed by atoms with Crippen molar-refractivity contribution in [3.63, 3.8) is 0 Å². The van der Waals surface area contributed by atoms with Gasteiger partial charge in [0.15, 0.2) is 17.1 Å². The van der Waals surface area contributed by atoms with Gasteiger partial charge in [-0.25, -0.2) is 9.37 Å². The Kier molecular flexibility index (Phi) is 4.67. The van der Waals surface area contributed by atoms with Crippen LogP contribution < -0.4 is 19.9 Å². The highest BCUT2D eigenvalue weighted by Gasteiger charge is 2.17. The lowest BCUT2D eigenvalue weighted by Crippen LogP contribution is -1.96. The van der Waals surface area contributed by atoms with Gasteiger partial charge in [-0.3, -0.25) is 5.10 Å². The largest absolute Gasteiger partial charge is 0.493 e. The highest BCUT2D eigenvalue weighted by Crippen LogP contribution is 2.42. The number of aromatic amines is 1. The van der Waals surface area contributed by atoms with E-state index >= 15 is 0 Å². The molecular formula is C21H19FN4O3. The van der Waals surface area contributed by atoms with Crippen molar-refractivity contribution in [3.8, 4) is 39.6 Å². The van der Waals surface area contributed by atoms with Crippen LogP contribution in [0.5, 0.6) is 17.2 Å². The minimum Gasteiger partial charge on any atom is -0.493 e. The van der Waals surface area contributed by atoms with E-state index in [1.54, 1.807) is 39.7 Å². The van der Waals surface area contributed by atoms with Crippen LogP contribution in [0, 0.1) is 5.82 Å². The SMILES string of the molecule is COc1cc(-c2[nH]nc3ncc(-c4ccc(F)c(N)c4)cc23)cc(OC)c1OC. The molecule has 3 N–H and O–H groups in total. The second-order valence-corrected chi connectivity index (χ2v) is 6.34. The van der Waals surface area contributed by atoms with E-state index in [0.29, 0.717) is 22.9 Å². The smallest absolute Gasteiger partial charge is 0.203 e. The number of halogens is 1. The molecule has 2 heterocycles. The minimum absolute atomic E-state index is 0.0830. The van der Waals surface area contributed by atoms with E-state index in [1.165, 1.54) is 6.07 Å². The van der Waals surface area contributed by atoms with Gasteiger partial charge >= 0.3 is 0 Å². The minimum atomic E-state index is -0.454. The lowest BCUT2D eigenvalue weighted by Gasteiger charge is -2.13. The molecule has 7 nitrogen and oxygen atoms in total. The maximum absolute atomic E-state index is 13.5. The summed E-state index contributed by atoms with van der Waals surface area (Å²) >= 11 is 0. The Morgan fingerprint density at radius 1 is 0.897 bits per heavy atom. The number of benzene rings is 2. The van der Waals surface area contributed by atoms with Crippen molar-refractivity contribution in [2.45, 2.75) is 0 Å². The molecule has 0 aliphatic carbocycles. The summed E-state index contributed by atoms with van der Waals surface area (Å²) in [6, 6.07) is 10.2. The van der Waals surface area contributed by atoms with Gasteiger partial charge in [0.1, 0.15) is 5.82 Å². The third kappa shape index (κ3) is 3.18. The van der Waals surface area contributed by atoms with E-state index in [4.69, 9.17) is 19.9 Å². The summed E-state index contributed by atoms with van der Waals surface area (Å²) in [5, 5.41) is 8.09. The normalized spacial score (nSPS) is 10.9. The molecule has 0 spiro atoms. The van der Waals surface area contributed by atoms with Crippen molar-refractivity contribution in [2.75, 3.05) is 27.1 Å². The highest BCUT2D eigenvalue weighted by atomic mass is 19.1. The molecule has 148 valence electrons. The third-order valence-electron chi connectivity index (χ3n) is 4.69. The van der Waals surface area contributed by atoms with Crippen LogP contribution >= 0.6 is 0 Å². The van der Waals surface area contributed by atoms with Crippen LogP contribution in [0.1, 0.15) is 0 Å². The van der Waals surface area contributed by atoms with Crippen LogP contribution in [-0.2, 0) is 0 Å². The average Bonchev–Trinajstić information content (AvgIpc) is 3.17. The van der Waals surface area contributed by atoms with Crippen molar-refractivity contribution in [1.82, 2.24) is 15.2 Å². The molecule has 0 unspecified atom stereocenters. The molecule has 0 aliphatic rings. The fourth-order valence-corrected chi connectivity index (χ4v) is 3.23. The molecule has 29 heavy (non-hydrogen) atoms. The van der Waals surface area contributed by atoms with Crippen molar-refractivity contribution in [3.05, 3.63) is 48.4 Å². The monoisotopic (exact) mass is 394 g/mol. The number of nitrogens with two attached hydrogens (primary N) is 1. The predicted octanol–water partition coefficient (Wildman–Crippen LogP) is 4.04. The molecule has 0 fully saturated rings. The van der Waals surface area contributed by atoms with Gasteiger partial charge in [-0.15, -0.1) is 0 Å². The number of hydrogen-bond acceptors (Lipinski definition) is 6. The Labute approximate surface area is 166 Å². The number of aromatic nitrogens is 3. The van der Waals surface area contributed by atoms with E-state index in [9.17, 15) is 4.39 Å². The second kappa shape index (κ2) is 7.31. The van der Waals surface area contributed by atoms with Gasteiger partial charge in [-0.05, 0) is 35.9 Å². The molecule has 2 aromatic carbocycles. The quantitative estimate of drug-likeness (QED) is 0.496. The first-order valence-corrected chi connectivity index (χ1v) is 8.75. The van der Waals surface area contributed by atoms with Gasteiger partial charge in [0, 0.05) is 22.7 Å². The first kappa shape index (κ1) is 18.5. The maximum Gasteiger partial charge on any atom is 0.203 e. The molecule has 2 aromatic heterocycles. The Morgan fingerprint density at radius 3 is 2.24 bits per heavy atom. The van der Waals surface area contributed by atoms with E-state index in [-0.39, 0.29) is 5.69 Å². The molecule has 0 bridgehead atoms. The Hall–Kier alpha value is -3.81. The summed E-state index contributed by atoms with van der Waals surface area (Å²) in [6.07, 6.45) is 1.68. The van der Waals surface area contributed by atoms with Crippen LogP contribution in [0.25, 0.3) is 33.4 Å². The predicted molar refractivity (Wildman–Crippen MR) is 109 cm³/mol. The van der Waals surface area contributed by atoms with E-state index in [2.05, 4.69) is 15.2 Å². The van der Waals surface area contributed by atoms with Gasteiger partial charge in [0.25, 0.3) is 0 Å². The zero-order valence-electron chi connectivity index (χ0n) is 16.1. The van der Waals surface area contributed by atoms with Crippen molar-refractivity contribution in [2.24, 2.45) is 0 Å². The van der Waals surface area contributed by atoms with Gasteiger partial charge in [0.05, 0.1) is 32.7 Å². The fraction of sp³-hybridized carbons (Fsp3) is 0.143. The standard InChI is InChI=1S/C21H19FN4O3/c1-27-17-8-12(9-18(28-2)20(17)29-3)19-14-6-13(10-24-21(14)26-25-19)11-4-5-15(22)16(23)7-11/h4-10H,23H2,1-3H3,(H,24,25,26). The Bertz CT molecular complexity index is 1180. The van der Waals surface area contributed by atoms with E-state index in [0.717, 1.165) is 27.8 Å². The average molecular weight is 394 g/mol. The number of fused-ring (bicyclic) bond motifs is 1. The summed E-state index contributed by atoms with van der Waals surface area (Å²) in [4.78, 5) is 4.41. The third-order valence-corrected chi connectivity index (χ3v) is 4.69. The second-order valence-electron chi connectivity index (χ2n) is 6.34. The van der Waals surface area contributed by atoms with Crippen molar-refractivity contribution < 1.29 is 18.6 Å². The zero-order valence-corrected chi connectivity index (χ0v) is 16.1. The van der Waals surface area contributed by atoms with Crippen LogP contribution in [0.2, 0.25) is 0 Å². The van der Waals surface area contributed by atoms with Gasteiger partial charge in [-0.1, -0.05) is 6.07 Å². The van der Waals surface area contributed by atoms with Crippen molar-refractivity contribution >= 4 is 16.7 Å². The lowest BCUT2D eigenvalue weighted by atomic mass is 10.0. The molecule has 0 saturated heterocycles. The number of pyridine rings is 1. The number of nitrogens with one attached hydrogen (secondary N) is 1. The van der Waals surface area contributed by atoms with Crippen LogP contribution in [0.4, 0.5) is 10.1 Å². The number of ether oxygens (including phenoxy) is 3. The number of anilines is 1. The maximum atomic E-state index is 13.5. The van der Waals surface area contributed by atoms with Gasteiger partial charge < -0.3 is 19.9 Å². The van der Waals surface area contributed by atoms with Crippen LogP contribution in [0.15, 0.2) is 42.6 Å². The van der Waals surface area contributed by atoms with Crippen LogP contribution in [0.3, 0.4) is 0 Å².